The molecule has 5 atom stereocenters. The van der Waals surface area contributed by atoms with Crippen molar-refractivity contribution in [3.8, 4) is 0 Å². The summed E-state index contributed by atoms with van der Waals surface area (Å²) in [4.78, 5) is 65.2. The normalized spacial score (nSPS) is 15.0. The van der Waals surface area contributed by atoms with E-state index in [-0.39, 0.29) is 37.7 Å². The van der Waals surface area contributed by atoms with Crippen molar-refractivity contribution >= 4 is 39.6 Å². The third-order valence-electron chi connectivity index (χ3n) is 7.27. The van der Waals surface area contributed by atoms with Gasteiger partial charge in [0.2, 0.25) is 17.7 Å². The van der Waals surface area contributed by atoms with E-state index in [4.69, 9.17) is 9.47 Å². The van der Waals surface area contributed by atoms with E-state index >= 15 is 0 Å². The number of hydrogen-bond acceptors (Lipinski definition) is 9. The first-order valence-electron chi connectivity index (χ1n) is 16.7. The summed E-state index contributed by atoms with van der Waals surface area (Å²) in [5.41, 5.74) is 0.0723. The molecule has 1 aromatic rings. The smallest absolute Gasteiger partial charge is 0.408 e. The summed E-state index contributed by atoms with van der Waals surface area (Å²) in [5.74, 6) is -2.55. The van der Waals surface area contributed by atoms with E-state index in [1.165, 1.54) is 13.0 Å². The van der Waals surface area contributed by atoms with Gasteiger partial charge in [-0.2, -0.15) is 0 Å². The molecule has 0 heterocycles. The van der Waals surface area contributed by atoms with Gasteiger partial charge in [0.15, 0.2) is 9.84 Å². The number of nitrogens with one attached hydrogen (secondary N) is 4. The molecule has 0 aliphatic heterocycles. The lowest BCUT2D eigenvalue weighted by atomic mass is 9.97. The van der Waals surface area contributed by atoms with Crippen LogP contribution in [-0.4, -0.2) is 74.2 Å². The van der Waals surface area contributed by atoms with Crippen molar-refractivity contribution in [3.63, 3.8) is 0 Å². The number of alkyl carbamates (subject to hydrolysis) is 1. The van der Waals surface area contributed by atoms with E-state index in [0.717, 1.165) is 17.2 Å². The second kappa shape index (κ2) is 20.5. The van der Waals surface area contributed by atoms with Gasteiger partial charge in [-0.25, -0.2) is 13.2 Å². The summed E-state index contributed by atoms with van der Waals surface area (Å²) in [5, 5.41) is 11.7. The molecule has 4 N–H and O–H groups in total. The molecule has 0 radical (unpaired) electrons. The van der Waals surface area contributed by atoms with Crippen LogP contribution in [0.2, 0.25) is 0 Å². The molecule has 0 unspecified atom stereocenters. The zero-order valence-electron chi connectivity index (χ0n) is 30.3. The van der Waals surface area contributed by atoms with Crippen molar-refractivity contribution in [3.05, 3.63) is 47.4 Å². The molecule has 0 saturated carbocycles. The first-order valence-corrected chi connectivity index (χ1v) is 18.6. The molecule has 0 bridgehead atoms. The number of ether oxygens (including phenoxy) is 2. The van der Waals surface area contributed by atoms with Gasteiger partial charge in [0.25, 0.3) is 0 Å². The molecule has 0 aromatic heterocycles. The second-order valence-electron chi connectivity index (χ2n) is 13.7. The molecule has 276 valence electrons. The Kier molecular flexibility index (Phi) is 18.1. The van der Waals surface area contributed by atoms with Gasteiger partial charge in [-0.05, 0) is 64.4 Å². The van der Waals surface area contributed by atoms with Gasteiger partial charge in [-0.3, -0.25) is 19.2 Å². The van der Waals surface area contributed by atoms with Crippen LogP contribution in [0.1, 0.15) is 93.1 Å². The number of amides is 4. The molecule has 0 spiro atoms. The summed E-state index contributed by atoms with van der Waals surface area (Å²) >= 11 is 0. The lowest BCUT2D eigenvalue weighted by molar-refractivity contribution is -0.155. The Morgan fingerprint density at radius 3 is 2.06 bits per heavy atom. The molecular weight excluding hydrogens is 652 g/mol. The Balaban J connectivity index is 3.11. The lowest BCUT2D eigenvalue weighted by Gasteiger charge is -2.27. The Hall–Kier alpha value is -3.94. The summed E-state index contributed by atoms with van der Waals surface area (Å²) in [6.07, 6.45) is 2.82. The summed E-state index contributed by atoms with van der Waals surface area (Å²) < 4.78 is 34.0. The average Bonchev–Trinajstić information content (AvgIpc) is 2.99. The molecule has 49 heavy (non-hydrogen) atoms. The maximum Gasteiger partial charge on any atom is 0.408 e. The minimum absolute atomic E-state index is 0.000753. The highest BCUT2D eigenvalue weighted by atomic mass is 32.2. The predicted octanol–water partition coefficient (Wildman–Crippen LogP) is 3.92. The largest absolute Gasteiger partial charge is 0.460 e. The standard InChI is InChI=1S/C35H56N4O9S/c1-10-24(4)30(39-34(44)47-22-26-15-12-11-13-16-26)33(43)38-28(17-14-18-29(40)48-35(6,7)8)32(42)36-25(5)31(41)37-27(21-23(2)3)19-20-49(9,45)46/h11-13,15-16,19-20,23-25,27-28,30H,10,14,17-18,21-22H2,1-9H3,(H,36,42)(H,37,41)(H,38,43)(H,39,44)/b20-19+/t24-,25-,27+,28-,30-/m0/s1. The first-order chi connectivity index (χ1) is 22.7. The molecule has 1 rings (SSSR count). The minimum atomic E-state index is -3.43. The Labute approximate surface area is 291 Å². The van der Waals surface area contributed by atoms with Crippen LogP contribution in [0, 0.1) is 11.8 Å². The van der Waals surface area contributed by atoms with Crippen molar-refractivity contribution < 1.29 is 41.9 Å². The van der Waals surface area contributed by atoms with Crippen LogP contribution >= 0.6 is 0 Å². The second-order valence-corrected chi connectivity index (χ2v) is 15.7. The van der Waals surface area contributed by atoms with E-state index < -0.39 is 69.4 Å². The third-order valence-corrected chi connectivity index (χ3v) is 7.92. The molecule has 1 aromatic carbocycles. The number of carbonyl (C=O) groups is 5. The van der Waals surface area contributed by atoms with Crippen molar-refractivity contribution in [1.29, 1.82) is 0 Å². The van der Waals surface area contributed by atoms with Crippen LogP contribution in [-0.2, 0) is 45.1 Å². The van der Waals surface area contributed by atoms with E-state index in [0.29, 0.717) is 12.8 Å². The monoisotopic (exact) mass is 708 g/mol. The zero-order valence-corrected chi connectivity index (χ0v) is 31.1. The van der Waals surface area contributed by atoms with Gasteiger partial charge < -0.3 is 30.7 Å². The molecule has 13 nitrogen and oxygen atoms in total. The van der Waals surface area contributed by atoms with Crippen molar-refractivity contribution in [2.24, 2.45) is 11.8 Å². The quantitative estimate of drug-likeness (QED) is 0.155. The molecule has 0 fully saturated rings. The van der Waals surface area contributed by atoms with Crippen LogP contribution in [0.4, 0.5) is 4.79 Å². The topological polar surface area (TPSA) is 186 Å². The maximum atomic E-state index is 13.6. The van der Waals surface area contributed by atoms with Gasteiger partial charge in [0.1, 0.15) is 30.3 Å². The number of rotatable bonds is 19. The van der Waals surface area contributed by atoms with E-state index in [2.05, 4.69) is 21.3 Å². The highest BCUT2D eigenvalue weighted by Gasteiger charge is 2.32. The summed E-state index contributed by atoms with van der Waals surface area (Å²) in [6.45, 7) is 14.2. The third kappa shape index (κ3) is 19.0. The fraction of sp³-hybridized carbons (Fsp3) is 0.629. The predicted molar refractivity (Wildman–Crippen MR) is 188 cm³/mol. The van der Waals surface area contributed by atoms with Crippen LogP contribution in [0.25, 0.3) is 0 Å². The molecular formula is C35H56N4O9S. The van der Waals surface area contributed by atoms with Crippen molar-refractivity contribution in [1.82, 2.24) is 21.3 Å². The zero-order chi connectivity index (χ0) is 37.4. The van der Waals surface area contributed by atoms with Crippen LogP contribution in [0.5, 0.6) is 0 Å². The number of esters is 1. The maximum absolute atomic E-state index is 13.6. The minimum Gasteiger partial charge on any atom is -0.460 e. The molecule has 4 amide bonds. The fourth-order valence-corrected chi connectivity index (χ4v) is 5.06. The molecule has 0 aliphatic carbocycles. The van der Waals surface area contributed by atoms with Gasteiger partial charge in [-0.15, -0.1) is 0 Å². The van der Waals surface area contributed by atoms with Gasteiger partial charge in [0.05, 0.1) is 0 Å². The number of benzene rings is 1. The van der Waals surface area contributed by atoms with Crippen molar-refractivity contribution in [2.45, 2.75) is 124 Å². The Morgan fingerprint density at radius 2 is 1.51 bits per heavy atom. The molecule has 14 heteroatoms. The van der Waals surface area contributed by atoms with Gasteiger partial charge in [0, 0.05) is 24.1 Å². The lowest BCUT2D eigenvalue weighted by Crippen LogP contribution is -2.57. The highest BCUT2D eigenvalue weighted by Crippen LogP contribution is 2.14. The Morgan fingerprint density at radius 1 is 0.878 bits per heavy atom. The van der Waals surface area contributed by atoms with Gasteiger partial charge >= 0.3 is 12.1 Å². The number of carbonyl (C=O) groups excluding carboxylic acids is 5. The van der Waals surface area contributed by atoms with E-state index in [1.807, 2.05) is 39.0 Å². The van der Waals surface area contributed by atoms with Crippen molar-refractivity contribution in [2.75, 3.05) is 6.26 Å². The highest BCUT2D eigenvalue weighted by molar-refractivity contribution is 7.93. The summed E-state index contributed by atoms with van der Waals surface area (Å²) in [7, 11) is -3.43. The van der Waals surface area contributed by atoms with Gasteiger partial charge in [-0.1, -0.05) is 70.5 Å². The summed E-state index contributed by atoms with van der Waals surface area (Å²) in [6, 6.07) is 5.17. The van der Waals surface area contributed by atoms with E-state index in [1.54, 1.807) is 39.8 Å². The number of hydrogen-bond donors (Lipinski definition) is 4. The first kappa shape index (κ1) is 43.1. The number of sulfone groups is 1. The van der Waals surface area contributed by atoms with Crippen LogP contribution in [0.15, 0.2) is 41.8 Å². The fourth-order valence-electron chi connectivity index (χ4n) is 4.59. The van der Waals surface area contributed by atoms with E-state index in [9.17, 15) is 32.4 Å². The molecule has 0 saturated heterocycles. The average molecular weight is 709 g/mol. The molecule has 0 aliphatic rings. The van der Waals surface area contributed by atoms with Crippen LogP contribution < -0.4 is 21.3 Å². The van der Waals surface area contributed by atoms with Crippen LogP contribution in [0.3, 0.4) is 0 Å². The SMILES string of the molecule is CC[C@H](C)[C@H](NC(=O)OCc1ccccc1)C(=O)N[C@@H](CCCC(=O)OC(C)(C)C)C(=O)N[C@@H](C)C(=O)N[C@H](/C=C/S(C)(=O)=O)CC(C)C. The Bertz CT molecular complexity index is 1370.